The van der Waals surface area contributed by atoms with Gasteiger partial charge >= 0.3 is 0 Å². The van der Waals surface area contributed by atoms with Crippen molar-refractivity contribution in [1.82, 2.24) is 0 Å². The van der Waals surface area contributed by atoms with Gasteiger partial charge in [0.2, 0.25) is 0 Å². The van der Waals surface area contributed by atoms with E-state index in [-0.39, 0.29) is 0 Å². The summed E-state index contributed by atoms with van der Waals surface area (Å²) >= 11 is 13.2. The number of hydrogen-bond acceptors (Lipinski definition) is 7. The zero-order chi connectivity index (χ0) is 72.9. The molecule has 0 nitrogen and oxygen atoms in total. The lowest BCUT2D eigenvalue weighted by molar-refractivity contribution is 1.44. The summed E-state index contributed by atoms with van der Waals surface area (Å²) in [5, 5.41) is 19.7. The van der Waals surface area contributed by atoms with E-state index in [0.29, 0.717) is 0 Å². The molecule has 0 amide bonds. The molecule has 105 heavy (non-hydrogen) atoms. The van der Waals surface area contributed by atoms with E-state index >= 15 is 0 Å². The number of thiophene rings is 7. The molecule has 14 aromatic carbocycles. The minimum Gasteiger partial charge on any atom is -0.135 e. The molecule has 7 aromatic heterocycles. The molecule has 0 saturated heterocycles. The Morgan fingerprint density at radius 1 is 0.143 bits per heavy atom. The summed E-state index contributed by atoms with van der Waals surface area (Å²) in [6.07, 6.45) is 0. The largest absolute Gasteiger partial charge is 0.135 e. The van der Waals surface area contributed by atoms with Crippen molar-refractivity contribution in [2.45, 2.75) is 96.9 Å². The van der Waals surface area contributed by atoms with Crippen molar-refractivity contribution in [1.29, 1.82) is 0 Å². The third-order valence-corrected chi connectivity index (χ3v) is 28.6. The fourth-order valence-corrected chi connectivity index (χ4v) is 22.9. The van der Waals surface area contributed by atoms with Crippen molar-refractivity contribution in [3.8, 4) is 0 Å². The third kappa shape index (κ3) is 14.6. The number of fused-ring (bicyclic) bond motifs is 21. The van der Waals surface area contributed by atoms with Crippen molar-refractivity contribution in [3.05, 3.63) is 333 Å². The van der Waals surface area contributed by atoms with Gasteiger partial charge in [0.15, 0.2) is 0 Å². The Balaban J connectivity index is 0.0000000983. The lowest BCUT2D eigenvalue weighted by atomic mass is 10.1. The van der Waals surface area contributed by atoms with Gasteiger partial charge in [-0.2, -0.15) is 0 Å². The van der Waals surface area contributed by atoms with Crippen LogP contribution in [0.25, 0.3) is 141 Å². The first-order chi connectivity index (χ1) is 50.8. The second-order valence-corrected chi connectivity index (χ2v) is 35.8. The van der Waals surface area contributed by atoms with E-state index in [1.807, 2.05) is 79.4 Å². The summed E-state index contributed by atoms with van der Waals surface area (Å²) in [4.78, 5) is 0. The Kier molecular flexibility index (Phi) is 20.5. The number of aryl methyl sites for hydroxylation is 14. The van der Waals surface area contributed by atoms with Crippen LogP contribution in [-0.4, -0.2) is 0 Å². The van der Waals surface area contributed by atoms with E-state index < -0.39 is 0 Å². The fourth-order valence-electron chi connectivity index (χ4n) is 14.6. The van der Waals surface area contributed by atoms with Crippen molar-refractivity contribution >= 4 is 221 Å². The van der Waals surface area contributed by atoms with Gasteiger partial charge in [0, 0.05) is 141 Å². The van der Waals surface area contributed by atoms with Gasteiger partial charge < -0.3 is 0 Å². The third-order valence-electron chi connectivity index (χ3n) is 19.9. The van der Waals surface area contributed by atoms with E-state index in [4.69, 9.17) is 0 Å². The van der Waals surface area contributed by atoms with Gasteiger partial charge in [-0.3, -0.25) is 0 Å². The number of rotatable bonds is 0. The Morgan fingerprint density at radius 3 is 1.05 bits per heavy atom. The molecule has 7 heteroatoms. The highest BCUT2D eigenvalue weighted by Gasteiger charge is 2.14. The molecule has 0 radical (unpaired) electrons. The molecule has 0 saturated carbocycles. The maximum atomic E-state index is 2.29. The van der Waals surface area contributed by atoms with Gasteiger partial charge in [-0.1, -0.05) is 191 Å². The highest BCUT2D eigenvalue weighted by atomic mass is 32.1. The SMILES string of the molecule is Cc1cc(C)c2sc3ccccc3c2c1.Cc1ccc(C)c2c1sc1ccccc12.Cc1ccc2c(c1)sc1ccc(C)cc12.Cc1ccc2sc3c(C)cccc3c2c1.Cc1ccc2sc3ccc(C)cc3c2c1.Cc1ccc2sc3cccc(C)c3c2c1.Cc1cccc2c1sc1cccc(C)c12. The van der Waals surface area contributed by atoms with Crippen LogP contribution in [0, 0.1) is 96.9 Å². The molecule has 518 valence electrons. The van der Waals surface area contributed by atoms with Crippen molar-refractivity contribution in [3.63, 3.8) is 0 Å². The van der Waals surface area contributed by atoms with Crippen LogP contribution in [0.2, 0.25) is 0 Å². The van der Waals surface area contributed by atoms with E-state index in [2.05, 4.69) is 352 Å². The molecule has 0 N–H and O–H groups in total. The van der Waals surface area contributed by atoms with Crippen LogP contribution in [0.5, 0.6) is 0 Å². The molecule has 21 rings (SSSR count). The Labute approximate surface area is 644 Å². The Hall–Kier alpha value is -9.38. The summed E-state index contributed by atoms with van der Waals surface area (Å²) in [6, 6.07) is 92.7. The Bertz CT molecular complexity index is 6730. The van der Waals surface area contributed by atoms with Crippen molar-refractivity contribution in [2.24, 2.45) is 0 Å². The quantitative estimate of drug-likeness (QED) is 0.142. The van der Waals surface area contributed by atoms with Gasteiger partial charge in [-0.05, 0) is 239 Å². The predicted octanol–water partition coefficient (Wildman–Crippen LogP) is 32.7. The maximum Gasteiger partial charge on any atom is 0.0387 e. The van der Waals surface area contributed by atoms with Crippen LogP contribution in [-0.2, 0) is 0 Å². The van der Waals surface area contributed by atoms with E-state index in [1.165, 1.54) is 219 Å². The summed E-state index contributed by atoms with van der Waals surface area (Å²) < 4.78 is 19.7. The first-order valence-electron chi connectivity index (χ1n) is 36.0. The molecule has 0 fully saturated rings. The second kappa shape index (κ2) is 30.2. The molecule has 21 aromatic rings. The van der Waals surface area contributed by atoms with Crippen LogP contribution in [0.15, 0.2) is 255 Å². The fraction of sp³-hybridized carbons (Fsp3) is 0.143. The normalized spacial score (nSPS) is 11.3. The maximum absolute atomic E-state index is 2.29. The summed E-state index contributed by atoms with van der Waals surface area (Å²) in [6.45, 7) is 30.4. The van der Waals surface area contributed by atoms with Gasteiger partial charge in [0.05, 0.1) is 0 Å². The van der Waals surface area contributed by atoms with Crippen molar-refractivity contribution in [2.75, 3.05) is 0 Å². The molecular formula is C98H84S7. The molecule has 0 bridgehead atoms. The summed E-state index contributed by atoms with van der Waals surface area (Å²) in [5.41, 5.74) is 19.1. The molecule has 0 aliphatic heterocycles. The number of benzene rings is 14. The lowest BCUT2D eigenvalue weighted by Gasteiger charge is -1.99. The van der Waals surface area contributed by atoms with Gasteiger partial charge in [-0.15, -0.1) is 79.4 Å². The van der Waals surface area contributed by atoms with Crippen LogP contribution >= 0.6 is 79.4 Å². The first kappa shape index (κ1) is 71.2. The van der Waals surface area contributed by atoms with Gasteiger partial charge in [0.25, 0.3) is 0 Å². The average Bonchev–Trinajstić information content (AvgIpc) is 1.66. The zero-order valence-corrected chi connectivity index (χ0v) is 67.8. The summed E-state index contributed by atoms with van der Waals surface area (Å²) in [5.74, 6) is 0. The standard InChI is InChI=1S/7C14H12S/c1-9-5-4-8-12-13(9)11-7-3-6-10(2)14(11)15-12;1-9-4-6-13-12(7-9)11-5-3-10(2)8-14(11)15-13;1-9-3-5-13-11(7-9)12-8-10(2)4-6-14(12)15-13;1-9-6-7-12-11(8-9)14-10(2)4-3-5-13(14)15-12;1-9-6-7-13-12(8-9)11-5-3-4-10(2)14(11)15-13;1-9-7-10(2)14-12(8-9)11-5-3-4-6-13(11)15-14;1-9-7-8-10(2)14-13(9)11-5-3-4-6-12(11)15-14/h7*3-8H,1-2H3. The Morgan fingerprint density at radius 2 is 0.457 bits per heavy atom. The van der Waals surface area contributed by atoms with E-state index in [1.54, 1.807) is 0 Å². The molecule has 0 atom stereocenters. The van der Waals surface area contributed by atoms with Crippen LogP contribution in [0.1, 0.15) is 77.9 Å². The van der Waals surface area contributed by atoms with Crippen molar-refractivity contribution < 1.29 is 0 Å². The topological polar surface area (TPSA) is 0 Å². The molecule has 0 spiro atoms. The molecular weight excluding hydrogens is 1400 g/mol. The highest BCUT2D eigenvalue weighted by Crippen LogP contribution is 2.43. The minimum absolute atomic E-state index is 1.34. The monoisotopic (exact) mass is 1480 g/mol. The molecule has 0 aliphatic rings. The minimum atomic E-state index is 1.34. The number of hydrogen-bond donors (Lipinski definition) is 0. The molecule has 7 heterocycles. The molecule has 0 aliphatic carbocycles. The van der Waals surface area contributed by atoms with Gasteiger partial charge in [-0.25, -0.2) is 0 Å². The summed E-state index contributed by atoms with van der Waals surface area (Å²) in [7, 11) is 0. The van der Waals surface area contributed by atoms with Crippen LogP contribution in [0.3, 0.4) is 0 Å². The van der Waals surface area contributed by atoms with E-state index in [0.717, 1.165) is 0 Å². The van der Waals surface area contributed by atoms with Crippen LogP contribution < -0.4 is 0 Å². The van der Waals surface area contributed by atoms with Crippen LogP contribution in [0.4, 0.5) is 0 Å². The average molecular weight is 1490 g/mol. The van der Waals surface area contributed by atoms with Gasteiger partial charge in [0.1, 0.15) is 0 Å². The smallest absolute Gasteiger partial charge is 0.0387 e. The molecule has 0 unspecified atom stereocenters. The second-order valence-electron chi connectivity index (χ2n) is 28.4. The highest BCUT2D eigenvalue weighted by molar-refractivity contribution is 7.28. The predicted molar refractivity (Wildman–Crippen MR) is 482 cm³/mol. The van der Waals surface area contributed by atoms with E-state index in [9.17, 15) is 0 Å². The lowest BCUT2D eigenvalue weighted by Crippen LogP contribution is -1.77. The first-order valence-corrected chi connectivity index (χ1v) is 41.7. The zero-order valence-electron chi connectivity index (χ0n) is 62.1.